The molecule has 1 aliphatic rings. The summed E-state index contributed by atoms with van der Waals surface area (Å²) in [5, 5.41) is 0. The van der Waals surface area contributed by atoms with E-state index in [1.54, 1.807) is 0 Å². The Labute approximate surface area is 55.1 Å². The molecule has 3 heteroatoms. The number of amidine groups is 1. The second-order valence-corrected chi connectivity index (χ2v) is 2.56. The molecular weight excluding hydrogens is 116 g/mol. The Hall–Kier alpha value is -0.570. The Kier molecular flexibility index (Phi) is 1.45. The smallest absolute Gasteiger partial charge is 0.181 e. The number of hydrogen-bond acceptors (Lipinski definition) is 3. The van der Waals surface area contributed by atoms with Crippen molar-refractivity contribution < 1.29 is 4.84 Å². The highest BCUT2D eigenvalue weighted by molar-refractivity contribution is 5.82. The fourth-order valence-electron chi connectivity index (χ4n) is 0.706. The quantitative estimate of drug-likeness (QED) is 0.573. The van der Waals surface area contributed by atoms with Gasteiger partial charge in [-0.2, -0.15) is 0 Å². The van der Waals surface area contributed by atoms with Crippen molar-refractivity contribution in [1.82, 2.24) is 5.48 Å². The molecule has 0 atom stereocenters. The summed E-state index contributed by atoms with van der Waals surface area (Å²) in [4.78, 5) is 9.31. The lowest BCUT2D eigenvalue weighted by molar-refractivity contribution is -0.0273. The first-order chi connectivity index (χ1) is 4.14. The summed E-state index contributed by atoms with van der Waals surface area (Å²) in [6.07, 6.45) is 0.906. The molecule has 0 amide bonds. The van der Waals surface area contributed by atoms with Crippen LogP contribution in [0.4, 0.5) is 0 Å². The molecule has 0 aromatic carbocycles. The SMILES string of the molecule is CCC1=NC(C)(C)ON1. The molecule has 0 spiro atoms. The van der Waals surface area contributed by atoms with E-state index in [0.29, 0.717) is 0 Å². The van der Waals surface area contributed by atoms with Crippen LogP contribution in [-0.4, -0.2) is 11.6 Å². The zero-order valence-electron chi connectivity index (χ0n) is 6.06. The number of hydroxylamine groups is 1. The van der Waals surface area contributed by atoms with Crippen molar-refractivity contribution in [3.8, 4) is 0 Å². The van der Waals surface area contributed by atoms with Crippen molar-refractivity contribution in [3.63, 3.8) is 0 Å². The minimum Gasteiger partial charge on any atom is -0.250 e. The molecule has 0 aromatic rings. The van der Waals surface area contributed by atoms with Crippen LogP contribution in [0.5, 0.6) is 0 Å². The maximum Gasteiger partial charge on any atom is 0.181 e. The van der Waals surface area contributed by atoms with Crippen molar-refractivity contribution in [2.45, 2.75) is 32.9 Å². The van der Waals surface area contributed by atoms with Gasteiger partial charge in [-0.1, -0.05) is 6.92 Å². The molecule has 1 rings (SSSR count). The monoisotopic (exact) mass is 128 g/mol. The van der Waals surface area contributed by atoms with E-state index in [9.17, 15) is 0 Å². The normalized spacial score (nSPS) is 23.2. The van der Waals surface area contributed by atoms with E-state index in [-0.39, 0.29) is 5.72 Å². The average Bonchev–Trinajstić information content (AvgIpc) is 2.10. The summed E-state index contributed by atoms with van der Waals surface area (Å²) in [5.74, 6) is 0.931. The maximum atomic E-state index is 5.09. The Balaban J connectivity index is 2.61. The molecule has 0 fully saturated rings. The Morgan fingerprint density at radius 1 is 1.67 bits per heavy atom. The number of hydrogen-bond donors (Lipinski definition) is 1. The van der Waals surface area contributed by atoms with Gasteiger partial charge in [0.2, 0.25) is 0 Å². The fourth-order valence-corrected chi connectivity index (χ4v) is 0.706. The van der Waals surface area contributed by atoms with Gasteiger partial charge in [0.05, 0.1) is 0 Å². The zero-order chi connectivity index (χ0) is 6.91. The predicted octanol–water partition coefficient (Wildman–Crippen LogP) is 1.07. The van der Waals surface area contributed by atoms with Crippen molar-refractivity contribution in [3.05, 3.63) is 0 Å². The lowest BCUT2D eigenvalue weighted by Crippen LogP contribution is -2.22. The topological polar surface area (TPSA) is 33.6 Å². The highest BCUT2D eigenvalue weighted by atomic mass is 16.7. The van der Waals surface area contributed by atoms with Crippen LogP contribution >= 0.6 is 0 Å². The predicted molar refractivity (Wildman–Crippen MR) is 36.0 cm³/mol. The third-order valence-corrected chi connectivity index (χ3v) is 1.16. The first-order valence-corrected chi connectivity index (χ1v) is 3.17. The van der Waals surface area contributed by atoms with Crippen LogP contribution in [0.1, 0.15) is 27.2 Å². The van der Waals surface area contributed by atoms with E-state index in [4.69, 9.17) is 4.84 Å². The Morgan fingerprint density at radius 3 is 2.56 bits per heavy atom. The molecule has 0 aliphatic carbocycles. The molecule has 9 heavy (non-hydrogen) atoms. The van der Waals surface area contributed by atoms with Gasteiger partial charge in [-0.15, -0.1) is 0 Å². The Morgan fingerprint density at radius 2 is 2.33 bits per heavy atom. The van der Waals surface area contributed by atoms with Gasteiger partial charge < -0.3 is 0 Å². The highest BCUT2D eigenvalue weighted by Gasteiger charge is 2.23. The van der Waals surface area contributed by atoms with E-state index in [2.05, 4.69) is 10.5 Å². The summed E-state index contributed by atoms with van der Waals surface area (Å²) in [7, 11) is 0. The highest BCUT2D eigenvalue weighted by Crippen LogP contribution is 2.14. The van der Waals surface area contributed by atoms with E-state index in [1.807, 2.05) is 20.8 Å². The molecule has 1 aliphatic heterocycles. The van der Waals surface area contributed by atoms with Crippen LogP contribution in [0.25, 0.3) is 0 Å². The molecule has 0 radical (unpaired) electrons. The molecule has 0 unspecified atom stereocenters. The second kappa shape index (κ2) is 1.99. The van der Waals surface area contributed by atoms with Gasteiger partial charge >= 0.3 is 0 Å². The second-order valence-electron chi connectivity index (χ2n) is 2.56. The molecule has 0 saturated heterocycles. The molecular formula is C6H12N2O. The number of rotatable bonds is 1. The molecule has 1 N–H and O–H groups in total. The first kappa shape index (κ1) is 6.55. The van der Waals surface area contributed by atoms with Crippen LogP contribution in [0, 0.1) is 0 Å². The molecule has 1 heterocycles. The van der Waals surface area contributed by atoms with Crippen LogP contribution < -0.4 is 5.48 Å². The largest absolute Gasteiger partial charge is 0.250 e. The molecule has 52 valence electrons. The summed E-state index contributed by atoms with van der Waals surface area (Å²) in [6.45, 7) is 5.88. The summed E-state index contributed by atoms with van der Waals surface area (Å²) >= 11 is 0. The molecule has 3 nitrogen and oxygen atoms in total. The lowest BCUT2D eigenvalue weighted by atomic mass is 10.3. The molecule has 0 bridgehead atoms. The standard InChI is InChI=1S/C6H12N2O/c1-4-5-7-6(2,3)9-8-5/h4H2,1-3H3,(H,7,8). The van der Waals surface area contributed by atoms with Crippen molar-refractivity contribution in [1.29, 1.82) is 0 Å². The molecule has 0 saturated carbocycles. The van der Waals surface area contributed by atoms with Gasteiger partial charge in [0.15, 0.2) is 5.72 Å². The van der Waals surface area contributed by atoms with E-state index in [0.717, 1.165) is 12.3 Å². The third-order valence-electron chi connectivity index (χ3n) is 1.16. The van der Waals surface area contributed by atoms with E-state index < -0.39 is 0 Å². The third kappa shape index (κ3) is 1.42. The fraction of sp³-hybridized carbons (Fsp3) is 0.833. The number of nitrogens with one attached hydrogen (secondary N) is 1. The van der Waals surface area contributed by atoms with Gasteiger partial charge in [-0.25, -0.2) is 9.83 Å². The van der Waals surface area contributed by atoms with Gasteiger partial charge in [-0.3, -0.25) is 5.48 Å². The maximum absolute atomic E-state index is 5.09. The molecule has 0 aromatic heterocycles. The number of aliphatic imine (C=N–C) groups is 1. The van der Waals surface area contributed by atoms with E-state index >= 15 is 0 Å². The van der Waals surface area contributed by atoms with Gasteiger partial charge in [-0.05, 0) is 13.8 Å². The van der Waals surface area contributed by atoms with Crippen LogP contribution in [0.15, 0.2) is 4.99 Å². The lowest BCUT2D eigenvalue weighted by Gasteiger charge is -2.09. The van der Waals surface area contributed by atoms with Gasteiger partial charge in [0.25, 0.3) is 0 Å². The minimum absolute atomic E-state index is 0.356. The van der Waals surface area contributed by atoms with Crippen LogP contribution in [0.3, 0.4) is 0 Å². The van der Waals surface area contributed by atoms with Gasteiger partial charge in [0.1, 0.15) is 5.84 Å². The van der Waals surface area contributed by atoms with E-state index in [1.165, 1.54) is 0 Å². The summed E-state index contributed by atoms with van der Waals surface area (Å²) < 4.78 is 0. The average molecular weight is 128 g/mol. The number of nitrogens with zero attached hydrogens (tertiary/aromatic N) is 1. The first-order valence-electron chi connectivity index (χ1n) is 3.17. The van der Waals surface area contributed by atoms with Gasteiger partial charge in [0, 0.05) is 6.42 Å². The summed E-state index contributed by atoms with van der Waals surface area (Å²) in [6, 6.07) is 0. The minimum atomic E-state index is -0.356. The zero-order valence-corrected chi connectivity index (χ0v) is 6.06. The van der Waals surface area contributed by atoms with Crippen LogP contribution in [-0.2, 0) is 4.84 Å². The van der Waals surface area contributed by atoms with Crippen molar-refractivity contribution >= 4 is 5.84 Å². The Bertz CT molecular complexity index is 140. The van der Waals surface area contributed by atoms with Crippen LogP contribution in [0.2, 0.25) is 0 Å². The van der Waals surface area contributed by atoms with Crippen molar-refractivity contribution in [2.24, 2.45) is 4.99 Å². The van der Waals surface area contributed by atoms with Crippen molar-refractivity contribution in [2.75, 3.05) is 0 Å². The summed E-state index contributed by atoms with van der Waals surface area (Å²) in [5.41, 5.74) is 2.39.